The Bertz CT molecular complexity index is 2130. The highest BCUT2D eigenvalue weighted by atomic mass is 16.5. The van der Waals surface area contributed by atoms with E-state index in [0.717, 1.165) is 5.56 Å². The van der Waals surface area contributed by atoms with Gasteiger partial charge in [-0.25, -0.2) is 0 Å². The number of nitrogens with zero attached hydrogens (tertiary/aromatic N) is 4. The lowest BCUT2D eigenvalue weighted by atomic mass is 9.82. The van der Waals surface area contributed by atoms with Gasteiger partial charge in [0.25, 0.3) is 17.7 Å². The van der Waals surface area contributed by atoms with Crippen molar-refractivity contribution in [3.63, 3.8) is 0 Å². The molecule has 0 bridgehead atoms. The van der Waals surface area contributed by atoms with Crippen molar-refractivity contribution in [3.05, 3.63) is 125 Å². The molecule has 2 aliphatic heterocycles. The molecule has 1 aromatic heterocycles. The molecule has 4 aromatic carbocycles. The molecule has 3 heterocycles. The van der Waals surface area contributed by atoms with Gasteiger partial charge in [0, 0.05) is 59.8 Å². The number of fused-ring (bicyclic) bond motifs is 2. The standard InChI is InChI=1S/C41H42N6O7/c1-26-22-35(18-20-46-25-32(19-21-48)44-45-46)54-41(26)36-23-31(43-39(50)29-8-15-34(53-3)16-9-29)12-17-37(36)47(40(41)51)24-27-4-10-30(11-5-27)42-38(49)28-6-13-33(52-2)14-7-28/h4-17,23,25-26,35,48H,18-22,24H2,1-3H3,(H,42,49)(H,43,50)/t26-,35+,41+/m1/s1. The number of aliphatic hydroxyl groups excluding tert-OH is 1. The molecule has 1 saturated heterocycles. The first-order valence-corrected chi connectivity index (χ1v) is 17.8. The summed E-state index contributed by atoms with van der Waals surface area (Å²) in [4.78, 5) is 42.6. The highest BCUT2D eigenvalue weighted by Gasteiger charge is 2.60. The Morgan fingerprint density at radius 3 is 2.11 bits per heavy atom. The molecule has 13 heteroatoms. The summed E-state index contributed by atoms with van der Waals surface area (Å²) in [6, 6.07) is 26.6. The van der Waals surface area contributed by atoms with Crippen molar-refractivity contribution in [1.29, 1.82) is 0 Å². The zero-order valence-corrected chi connectivity index (χ0v) is 30.3. The fourth-order valence-corrected chi connectivity index (χ4v) is 7.20. The summed E-state index contributed by atoms with van der Waals surface area (Å²) in [5.41, 5.74) is 3.83. The van der Waals surface area contributed by atoms with Gasteiger partial charge < -0.3 is 34.9 Å². The van der Waals surface area contributed by atoms with E-state index in [1.165, 1.54) is 0 Å². The highest BCUT2D eigenvalue weighted by molar-refractivity contribution is 6.09. The number of aryl methyl sites for hydroxylation is 1. The van der Waals surface area contributed by atoms with Crippen LogP contribution in [0.25, 0.3) is 0 Å². The monoisotopic (exact) mass is 730 g/mol. The Hall–Kier alpha value is -6.05. The van der Waals surface area contributed by atoms with E-state index in [-0.39, 0.29) is 42.9 Å². The second-order valence-electron chi connectivity index (χ2n) is 13.5. The lowest BCUT2D eigenvalue weighted by Crippen LogP contribution is -2.43. The molecule has 3 N–H and O–H groups in total. The molecule has 0 radical (unpaired) electrons. The second kappa shape index (κ2) is 15.5. The predicted molar refractivity (Wildman–Crippen MR) is 202 cm³/mol. The molecule has 3 atom stereocenters. The summed E-state index contributed by atoms with van der Waals surface area (Å²) in [5.74, 6) is 0.421. The number of rotatable bonds is 13. The zero-order valence-electron chi connectivity index (χ0n) is 30.3. The molecule has 0 saturated carbocycles. The lowest BCUT2D eigenvalue weighted by Gasteiger charge is -2.28. The fraction of sp³-hybridized carbons (Fsp3) is 0.293. The minimum Gasteiger partial charge on any atom is -0.497 e. The van der Waals surface area contributed by atoms with Gasteiger partial charge in [-0.2, -0.15) is 0 Å². The van der Waals surface area contributed by atoms with Crippen LogP contribution in [0, 0.1) is 5.92 Å². The second-order valence-corrected chi connectivity index (χ2v) is 13.5. The van der Waals surface area contributed by atoms with Gasteiger partial charge in [-0.15, -0.1) is 5.10 Å². The number of hydrogen-bond acceptors (Lipinski definition) is 9. The van der Waals surface area contributed by atoms with Crippen molar-refractivity contribution in [3.8, 4) is 11.5 Å². The van der Waals surface area contributed by atoms with Gasteiger partial charge in [0.15, 0.2) is 5.60 Å². The van der Waals surface area contributed by atoms with Gasteiger partial charge in [-0.05, 0) is 97.3 Å². The van der Waals surface area contributed by atoms with Gasteiger partial charge in [-0.3, -0.25) is 19.1 Å². The van der Waals surface area contributed by atoms with Crippen molar-refractivity contribution >= 4 is 34.8 Å². The van der Waals surface area contributed by atoms with E-state index >= 15 is 0 Å². The van der Waals surface area contributed by atoms with Gasteiger partial charge >= 0.3 is 0 Å². The number of aliphatic hydroxyl groups is 1. The number of carbonyl (C=O) groups is 3. The number of aromatic nitrogens is 3. The minimum absolute atomic E-state index is 0.00365. The molecule has 1 spiro atoms. The third kappa shape index (κ3) is 7.28. The van der Waals surface area contributed by atoms with Crippen molar-refractivity contribution in [2.24, 2.45) is 5.92 Å². The Balaban J connectivity index is 1.12. The number of methoxy groups -OCH3 is 2. The third-order valence-corrected chi connectivity index (χ3v) is 10.1. The van der Waals surface area contributed by atoms with Crippen LogP contribution in [0.5, 0.6) is 11.5 Å². The molecule has 7 rings (SSSR count). The van der Waals surface area contributed by atoms with Crippen molar-refractivity contribution in [1.82, 2.24) is 15.0 Å². The van der Waals surface area contributed by atoms with Gasteiger partial charge in [0.2, 0.25) is 0 Å². The van der Waals surface area contributed by atoms with Crippen LogP contribution in [0.3, 0.4) is 0 Å². The molecular formula is C41H42N6O7. The Morgan fingerprint density at radius 2 is 1.50 bits per heavy atom. The van der Waals surface area contributed by atoms with Crippen LogP contribution in [0.15, 0.2) is 97.2 Å². The number of amides is 3. The van der Waals surface area contributed by atoms with E-state index in [0.29, 0.717) is 76.8 Å². The number of benzene rings is 4. The van der Waals surface area contributed by atoms with E-state index in [1.54, 1.807) is 78.4 Å². The lowest BCUT2D eigenvalue weighted by molar-refractivity contribution is -0.146. The van der Waals surface area contributed by atoms with E-state index in [9.17, 15) is 19.5 Å². The van der Waals surface area contributed by atoms with Crippen LogP contribution in [0.4, 0.5) is 17.1 Å². The topological polar surface area (TPSA) is 157 Å². The van der Waals surface area contributed by atoms with Crippen LogP contribution >= 0.6 is 0 Å². The smallest absolute Gasteiger partial charge is 0.264 e. The minimum atomic E-state index is -1.27. The number of ether oxygens (including phenoxy) is 3. The number of nitrogens with one attached hydrogen (secondary N) is 2. The average Bonchev–Trinajstić information content (AvgIpc) is 3.86. The molecule has 0 aliphatic carbocycles. The molecular weight excluding hydrogens is 688 g/mol. The van der Waals surface area contributed by atoms with Crippen molar-refractivity contribution in [2.45, 2.75) is 51.0 Å². The molecule has 1 fully saturated rings. The van der Waals surface area contributed by atoms with Crippen LogP contribution in [-0.2, 0) is 34.6 Å². The normalized spacial score (nSPS) is 18.8. The largest absolute Gasteiger partial charge is 0.497 e. The van der Waals surface area contributed by atoms with Crippen molar-refractivity contribution < 1.29 is 33.7 Å². The summed E-state index contributed by atoms with van der Waals surface area (Å²) >= 11 is 0. The maximum absolute atomic E-state index is 14.7. The summed E-state index contributed by atoms with van der Waals surface area (Å²) in [7, 11) is 3.14. The number of carbonyl (C=O) groups excluding carboxylic acids is 3. The predicted octanol–water partition coefficient (Wildman–Crippen LogP) is 5.59. The molecule has 5 aromatic rings. The molecule has 2 aliphatic rings. The molecule has 54 heavy (non-hydrogen) atoms. The Morgan fingerprint density at radius 1 is 0.889 bits per heavy atom. The van der Waals surface area contributed by atoms with E-state index < -0.39 is 5.60 Å². The molecule has 278 valence electrons. The maximum atomic E-state index is 14.7. The van der Waals surface area contributed by atoms with Gasteiger partial charge in [0.05, 0.1) is 38.2 Å². The van der Waals surface area contributed by atoms with Crippen LogP contribution in [-0.4, -0.2) is 64.8 Å². The van der Waals surface area contributed by atoms with E-state index in [1.807, 2.05) is 49.5 Å². The van der Waals surface area contributed by atoms with E-state index in [4.69, 9.17) is 14.2 Å². The SMILES string of the molecule is COc1ccc(C(=O)Nc2ccc(CN3C(=O)[C@@]4(O[C@@H](CCn5cc(CCO)nn5)C[C@H]4C)c4cc(NC(=O)c5ccc(OC)cc5)ccc43)cc2)cc1. The van der Waals surface area contributed by atoms with Gasteiger partial charge in [0.1, 0.15) is 11.5 Å². The average molecular weight is 731 g/mol. The molecule has 13 nitrogen and oxygen atoms in total. The summed E-state index contributed by atoms with van der Waals surface area (Å²) < 4.78 is 19.0. The first kappa shape index (κ1) is 36.3. The maximum Gasteiger partial charge on any atom is 0.264 e. The third-order valence-electron chi connectivity index (χ3n) is 10.1. The number of anilines is 3. The van der Waals surface area contributed by atoms with Crippen LogP contribution in [0.1, 0.15) is 57.3 Å². The van der Waals surface area contributed by atoms with Crippen molar-refractivity contribution in [2.75, 3.05) is 36.4 Å². The number of hydrogen-bond donors (Lipinski definition) is 3. The first-order valence-electron chi connectivity index (χ1n) is 17.8. The zero-order chi connectivity index (χ0) is 37.8. The summed E-state index contributed by atoms with van der Waals surface area (Å²) in [6.07, 6.45) is 3.25. The quantitative estimate of drug-likeness (QED) is 0.141. The highest BCUT2D eigenvalue weighted by Crippen LogP contribution is 2.54. The van der Waals surface area contributed by atoms with Crippen LogP contribution in [0.2, 0.25) is 0 Å². The Labute approximate surface area is 312 Å². The molecule has 3 amide bonds. The van der Waals surface area contributed by atoms with E-state index in [2.05, 4.69) is 20.9 Å². The Kier molecular flexibility index (Phi) is 10.4. The van der Waals surface area contributed by atoms with Gasteiger partial charge in [-0.1, -0.05) is 24.3 Å². The van der Waals surface area contributed by atoms with Crippen LogP contribution < -0.4 is 25.0 Å². The summed E-state index contributed by atoms with van der Waals surface area (Å²) in [6.45, 7) is 2.83. The fourth-order valence-electron chi connectivity index (χ4n) is 7.20. The summed E-state index contributed by atoms with van der Waals surface area (Å²) in [5, 5.41) is 23.5. The molecule has 0 unspecified atom stereocenters. The first-order chi connectivity index (χ1) is 26.2.